The summed E-state index contributed by atoms with van der Waals surface area (Å²) in [6.07, 6.45) is 3.89. The van der Waals surface area contributed by atoms with Crippen molar-refractivity contribution in [3.63, 3.8) is 0 Å². The molecule has 0 bridgehead atoms. The molecule has 0 saturated carbocycles. The van der Waals surface area contributed by atoms with E-state index in [0.717, 1.165) is 13.3 Å². The summed E-state index contributed by atoms with van der Waals surface area (Å²) in [5.41, 5.74) is 0. The summed E-state index contributed by atoms with van der Waals surface area (Å²) in [6, 6.07) is 0. The largest absolute Gasteiger partial charge is 0.304 e. The molecular weight excluding hydrogens is 372 g/mol. The second-order valence-electron chi connectivity index (χ2n) is 9.03. The van der Waals surface area contributed by atoms with Crippen molar-refractivity contribution >= 4 is 0 Å². The Morgan fingerprint density at radius 3 is 1.53 bits per heavy atom. The zero-order chi connectivity index (χ0) is 22.2. The van der Waals surface area contributed by atoms with Gasteiger partial charge in [-0.15, -0.1) is 0 Å². The molecule has 0 aromatic carbocycles. The lowest BCUT2D eigenvalue weighted by atomic mass is 10.2. The molecule has 1 N–H and O–H groups in total. The van der Waals surface area contributed by atoms with Crippen molar-refractivity contribution in [1.29, 1.82) is 0 Å². The Hall–Kier alpha value is -0.240. The average Bonchev–Trinajstić information content (AvgIpc) is 2.78. The fourth-order valence-electron chi connectivity index (χ4n) is 4.93. The summed E-state index contributed by atoms with van der Waals surface area (Å²) in [6.45, 7) is 31.7. The predicted molar refractivity (Wildman–Crippen MR) is 132 cm³/mol. The van der Waals surface area contributed by atoms with Gasteiger partial charge in [-0.05, 0) is 52.2 Å². The molecule has 0 radical (unpaired) electrons. The monoisotopic (exact) mass is 427 g/mol. The lowest BCUT2D eigenvalue weighted by molar-refractivity contribution is -0.946. The Kier molecular flexibility index (Phi) is 15.2. The van der Waals surface area contributed by atoms with Gasteiger partial charge < -0.3 is 14.7 Å². The third-order valence-electron chi connectivity index (χ3n) is 7.13. The zero-order valence-corrected chi connectivity index (χ0v) is 21.5. The van der Waals surface area contributed by atoms with Gasteiger partial charge >= 0.3 is 0 Å². The van der Waals surface area contributed by atoms with E-state index < -0.39 is 0 Å². The Labute approximate surface area is 189 Å². The fourth-order valence-corrected chi connectivity index (χ4v) is 4.93. The van der Waals surface area contributed by atoms with E-state index in [0.29, 0.717) is 0 Å². The summed E-state index contributed by atoms with van der Waals surface area (Å²) in [5.74, 6) is 0. The average molecular weight is 428 g/mol. The highest BCUT2D eigenvalue weighted by molar-refractivity contribution is 4.63. The van der Waals surface area contributed by atoms with E-state index in [2.05, 4.69) is 66.5 Å². The summed E-state index contributed by atoms with van der Waals surface area (Å²) >= 11 is 0. The highest BCUT2D eigenvalue weighted by Crippen LogP contribution is 2.15. The van der Waals surface area contributed by atoms with Crippen molar-refractivity contribution in [1.82, 2.24) is 24.9 Å². The minimum Gasteiger partial charge on any atom is -0.304 e. The molecule has 1 fully saturated rings. The van der Waals surface area contributed by atoms with Crippen LogP contribution in [-0.4, -0.2) is 123 Å². The van der Waals surface area contributed by atoms with E-state index in [9.17, 15) is 0 Å². The first-order chi connectivity index (χ1) is 14.6. The molecule has 180 valence electrons. The molecule has 1 heterocycles. The molecule has 0 aromatic heterocycles. The Morgan fingerprint density at radius 1 is 0.667 bits per heavy atom. The number of nitrogens with one attached hydrogen (secondary N) is 1. The van der Waals surface area contributed by atoms with Crippen LogP contribution in [0.15, 0.2) is 0 Å². The first kappa shape index (κ1) is 27.8. The molecule has 0 aliphatic carbocycles. The maximum absolute atomic E-state index is 3.78. The van der Waals surface area contributed by atoms with Crippen molar-refractivity contribution in [3.8, 4) is 0 Å². The molecule has 1 aliphatic heterocycles. The number of rotatable bonds is 18. The molecule has 0 atom stereocenters. The quantitative estimate of drug-likeness (QED) is 0.339. The third kappa shape index (κ3) is 10.4. The first-order valence-corrected chi connectivity index (χ1v) is 13.0. The maximum Gasteiger partial charge on any atom is 0.137 e. The summed E-state index contributed by atoms with van der Waals surface area (Å²) in [5, 5.41) is 3.78. The molecule has 0 spiro atoms. The normalized spacial score (nSPS) is 17.5. The molecule has 0 unspecified atom stereocenters. The second-order valence-corrected chi connectivity index (χ2v) is 9.03. The second kappa shape index (κ2) is 16.4. The maximum atomic E-state index is 3.78. The van der Waals surface area contributed by atoms with Gasteiger partial charge in [-0.25, -0.2) is 4.90 Å². The fraction of sp³-hybridized carbons (Fsp3) is 1.00. The first-order valence-electron chi connectivity index (χ1n) is 13.0. The van der Waals surface area contributed by atoms with Gasteiger partial charge in [0.2, 0.25) is 0 Å². The minimum atomic E-state index is 1.06. The zero-order valence-electron chi connectivity index (χ0n) is 21.5. The SMILES string of the molecule is CCN(CC)CCCN1CNC[N+](CCCN(CC)CC)(CCCN(CC)CC)C1. The van der Waals surface area contributed by atoms with Crippen LogP contribution in [0.5, 0.6) is 0 Å². The van der Waals surface area contributed by atoms with Crippen LogP contribution < -0.4 is 5.32 Å². The van der Waals surface area contributed by atoms with Crippen molar-refractivity contribution < 1.29 is 4.48 Å². The van der Waals surface area contributed by atoms with E-state index in [4.69, 9.17) is 0 Å². The standard InChI is InChI=1S/C24H55N6/c1-7-26(8-2)16-13-17-29-22-25-23-30(24-29,20-14-18-27(9-3)10-4)21-15-19-28(11-5)12-6/h25H,7-24H2,1-6H3/q+1. The van der Waals surface area contributed by atoms with Crippen LogP contribution in [0, 0.1) is 0 Å². The van der Waals surface area contributed by atoms with Crippen molar-refractivity contribution in [2.24, 2.45) is 0 Å². The van der Waals surface area contributed by atoms with Crippen LogP contribution in [-0.2, 0) is 0 Å². The molecule has 1 rings (SSSR count). The number of quaternary nitrogens is 1. The van der Waals surface area contributed by atoms with Gasteiger partial charge in [-0.3, -0.25) is 9.80 Å². The number of nitrogens with zero attached hydrogens (tertiary/aromatic N) is 5. The number of hydrogen-bond donors (Lipinski definition) is 1. The van der Waals surface area contributed by atoms with E-state index in [1.165, 1.54) is 109 Å². The Bertz CT molecular complexity index is 375. The minimum absolute atomic E-state index is 1.06. The molecule has 1 aliphatic rings. The van der Waals surface area contributed by atoms with Crippen LogP contribution in [0.1, 0.15) is 60.8 Å². The van der Waals surface area contributed by atoms with E-state index in [1.54, 1.807) is 0 Å². The van der Waals surface area contributed by atoms with Crippen LogP contribution in [0.4, 0.5) is 0 Å². The van der Waals surface area contributed by atoms with Crippen molar-refractivity contribution in [2.45, 2.75) is 60.8 Å². The Morgan fingerprint density at radius 2 is 1.10 bits per heavy atom. The number of hydrogen-bond acceptors (Lipinski definition) is 5. The summed E-state index contributed by atoms with van der Waals surface area (Å²) in [7, 11) is 0. The van der Waals surface area contributed by atoms with Crippen LogP contribution in [0.2, 0.25) is 0 Å². The molecular formula is C24H55N6+. The highest BCUT2D eigenvalue weighted by atomic mass is 15.5. The molecule has 0 amide bonds. The van der Waals surface area contributed by atoms with Gasteiger partial charge in [0.05, 0.1) is 19.8 Å². The van der Waals surface area contributed by atoms with E-state index in [1.807, 2.05) is 0 Å². The van der Waals surface area contributed by atoms with Gasteiger partial charge in [-0.2, -0.15) is 0 Å². The van der Waals surface area contributed by atoms with Crippen LogP contribution in [0.25, 0.3) is 0 Å². The lowest BCUT2D eigenvalue weighted by Crippen LogP contribution is -2.65. The summed E-state index contributed by atoms with van der Waals surface area (Å²) < 4.78 is 1.23. The Balaban J connectivity index is 2.63. The van der Waals surface area contributed by atoms with Gasteiger partial charge in [0.25, 0.3) is 0 Å². The molecule has 6 nitrogen and oxygen atoms in total. The van der Waals surface area contributed by atoms with Crippen molar-refractivity contribution in [3.05, 3.63) is 0 Å². The van der Waals surface area contributed by atoms with Gasteiger partial charge in [-0.1, -0.05) is 41.5 Å². The lowest BCUT2D eigenvalue weighted by Gasteiger charge is -2.46. The van der Waals surface area contributed by atoms with Gasteiger partial charge in [0.1, 0.15) is 13.3 Å². The van der Waals surface area contributed by atoms with Crippen LogP contribution >= 0.6 is 0 Å². The molecule has 0 aromatic rings. The molecule has 1 saturated heterocycles. The molecule has 6 heteroatoms. The van der Waals surface area contributed by atoms with Crippen LogP contribution in [0.3, 0.4) is 0 Å². The summed E-state index contributed by atoms with van der Waals surface area (Å²) in [4.78, 5) is 10.4. The molecule has 30 heavy (non-hydrogen) atoms. The van der Waals surface area contributed by atoms with E-state index in [-0.39, 0.29) is 0 Å². The van der Waals surface area contributed by atoms with Gasteiger partial charge in [0.15, 0.2) is 0 Å². The van der Waals surface area contributed by atoms with E-state index >= 15 is 0 Å². The van der Waals surface area contributed by atoms with Crippen molar-refractivity contribution in [2.75, 3.05) is 98.5 Å². The smallest absolute Gasteiger partial charge is 0.137 e. The third-order valence-corrected chi connectivity index (χ3v) is 7.13. The highest BCUT2D eigenvalue weighted by Gasteiger charge is 2.33. The predicted octanol–water partition coefficient (Wildman–Crippen LogP) is 2.78. The topological polar surface area (TPSA) is 25.0 Å². The van der Waals surface area contributed by atoms with Gasteiger partial charge in [0, 0.05) is 32.5 Å².